The quantitative estimate of drug-likeness (QED) is 0.685. The molecule has 2 aromatic carbocycles. The highest BCUT2D eigenvalue weighted by atomic mass is 16.5. The maximum Gasteiger partial charge on any atom is 0.120 e. The first-order valence-corrected chi connectivity index (χ1v) is 10.1. The van der Waals surface area contributed by atoms with Crippen molar-refractivity contribution in [2.45, 2.75) is 44.8 Å². The van der Waals surface area contributed by atoms with Gasteiger partial charge in [0.1, 0.15) is 5.75 Å². The molecule has 4 unspecified atom stereocenters. The fourth-order valence-electron chi connectivity index (χ4n) is 4.27. The minimum atomic E-state index is 0.248. The van der Waals surface area contributed by atoms with Gasteiger partial charge in [0.2, 0.25) is 0 Å². The van der Waals surface area contributed by atoms with Crippen molar-refractivity contribution in [3.05, 3.63) is 65.7 Å². The van der Waals surface area contributed by atoms with Gasteiger partial charge in [-0.1, -0.05) is 31.2 Å². The SMILES string of the molecule is CCC(C)Oc1ccc2c(c1)C1C=CCC1C(c1ccc(N(C)C)cc1)N2. The lowest BCUT2D eigenvalue weighted by Crippen LogP contribution is -2.29. The fourth-order valence-corrected chi connectivity index (χ4v) is 4.27. The van der Waals surface area contributed by atoms with Crippen molar-refractivity contribution in [2.75, 3.05) is 24.3 Å². The number of nitrogens with one attached hydrogen (secondary N) is 1. The molecule has 0 spiro atoms. The third-order valence-electron chi connectivity index (χ3n) is 6.02. The molecule has 4 rings (SSSR count). The van der Waals surface area contributed by atoms with Crippen LogP contribution in [0.15, 0.2) is 54.6 Å². The highest BCUT2D eigenvalue weighted by molar-refractivity contribution is 5.62. The van der Waals surface area contributed by atoms with Crippen molar-refractivity contribution >= 4 is 11.4 Å². The zero-order valence-corrected chi connectivity index (χ0v) is 16.8. The van der Waals surface area contributed by atoms with Crippen LogP contribution in [0.2, 0.25) is 0 Å². The van der Waals surface area contributed by atoms with Crippen LogP contribution in [0.5, 0.6) is 5.75 Å². The molecule has 0 fully saturated rings. The van der Waals surface area contributed by atoms with E-state index in [1.54, 1.807) is 0 Å². The molecule has 1 N–H and O–H groups in total. The van der Waals surface area contributed by atoms with E-state index in [4.69, 9.17) is 4.74 Å². The monoisotopic (exact) mass is 362 g/mol. The van der Waals surface area contributed by atoms with Crippen LogP contribution < -0.4 is 15.0 Å². The number of nitrogens with zero attached hydrogens (tertiary/aromatic N) is 1. The predicted octanol–water partition coefficient (Wildman–Crippen LogP) is 5.76. The highest BCUT2D eigenvalue weighted by Gasteiger charge is 2.38. The predicted molar refractivity (Wildman–Crippen MR) is 114 cm³/mol. The summed E-state index contributed by atoms with van der Waals surface area (Å²) in [6.45, 7) is 4.29. The summed E-state index contributed by atoms with van der Waals surface area (Å²) in [4.78, 5) is 2.14. The minimum absolute atomic E-state index is 0.248. The summed E-state index contributed by atoms with van der Waals surface area (Å²) in [5, 5.41) is 3.82. The third kappa shape index (κ3) is 3.43. The Bertz CT molecular complexity index is 825. The number of hydrogen-bond acceptors (Lipinski definition) is 3. The molecule has 4 atom stereocenters. The second-order valence-corrected chi connectivity index (χ2v) is 8.05. The molecule has 3 heteroatoms. The molecule has 27 heavy (non-hydrogen) atoms. The second kappa shape index (κ2) is 7.30. The summed E-state index contributed by atoms with van der Waals surface area (Å²) in [6.07, 6.45) is 7.12. The Balaban J connectivity index is 1.64. The Morgan fingerprint density at radius 1 is 1.15 bits per heavy atom. The Hall–Kier alpha value is -2.42. The minimum Gasteiger partial charge on any atom is -0.491 e. The first-order valence-electron chi connectivity index (χ1n) is 10.1. The van der Waals surface area contributed by atoms with E-state index in [0.717, 1.165) is 18.6 Å². The number of rotatable bonds is 5. The summed E-state index contributed by atoms with van der Waals surface area (Å²) in [5.41, 5.74) is 5.21. The van der Waals surface area contributed by atoms with Gasteiger partial charge in [-0.05, 0) is 67.1 Å². The van der Waals surface area contributed by atoms with Crippen LogP contribution in [0.3, 0.4) is 0 Å². The van der Waals surface area contributed by atoms with Gasteiger partial charge in [-0.2, -0.15) is 0 Å². The van der Waals surface area contributed by atoms with E-state index >= 15 is 0 Å². The summed E-state index contributed by atoms with van der Waals surface area (Å²) in [7, 11) is 4.17. The Labute approximate surface area is 163 Å². The van der Waals surface area contributed by atoms with E-state index in [-0.39, 0.29) is 6.10 Å². The van der Waals surface area contributed by atoms with Crippen molar-refractivity contribution in [3.8, 4) is 5.75 Å². The van der Waals surface area contributed by atoms with E-state index in [1.807, 2.05) is 0 Å². The maximum absolute atomic E-state index is 6.07. The van der Waals surface area contributed by atoms with Crippen molar-refractivity contribution in [1.82, 2.24) is 0 Å². The molecule has 1 heterocycles. The fraction of sp³-hybridized carbons (Fsp3) is 0.417. The van der Waals surface area contributed by atoms with Gasteiger partial charge in [0.05, 0.1) is 12.1 Å². The number of fused-ring (bicyclic) bond motifs is 3. The normalized spacial score (nSPS) is 23.9. The molecule has 2 aliphatic rings. The van der Waals surface area contributed by atoms with Crippen LogP contribution in [0.1, 0.15) is 49.8 Å². The van der Waals surface area contributed by atoms with Crippen molar-refractivity contribution in [1.29, 1.82) is 0 Å². The largest absolute Gasteiger partial charge is 0.491 e. The number of benzene rings is 2. The molecular formula is C24H30N2O. The Kier molecular flexibility index (Phi) is 4.86. The van der Waals surface area contributed by atoms with E-state index in [1.165, 1.54) is 22.5 Å². The summed E-state index contributed by atoms with van der Waals surface area (Å²) in [6, 6.07) is 15.9. The van der Waals surface area contributed by atoms with Gasteiger partial charge >= 0.3 is 0 Å². The standard InChI is InChI=1S/C24H30N2O/c1-5-16(2)27-19-13-14-23-22(15-19)20-7-6-8-21(20)24(25-23)17-9-11-18(12-10-17)26(3)4/h6-7,9-16,20-21,24-25H,5,8H2,1-4H3. The van der Waals surface area contributed by atoms with Gasteiger partial charge in [-0.3, -0.25) is 0 Å². The van der Waals surface area contributed by atoms with E-state index < -0.39 is 0 Å². The molecule has 3 nitrogen and oxygen atoms in total. The summed E-state index contributed by atoms with van der Waals surface area (Å²) in [5.74, 6) is 2.00. The van der Waals surface area contributed by atoms with Gasteiger partial charge in [-0.15, -0.1) is 0 Å². The van der Waals surface area contributed by atoms with E-state index in [9.17, 15) is 0 Å². The Morgan fingerprint density at radius 3 is 2.63 bits per heavy atom. The third-order valence-corrected chi connectivity index (χ3v) is 6.02. The molecule has 0 bridgehead atoms. The second-order valence-electron chi connectivity index (χ2n) is 8.05. The van der Waals surface area contributed by atoms with Crippen molar-refractivity contribution in [3.63, 3.8) is 0 Å². The van der Waals surface area contributed by atoms with E-state index in [0.29, 0.717) is 17.9 Å². The number of anilines is 2. The molecule has 0 saturated carbocycles. The lowest BCUT2D eigenvalue weighted by molar-refractivity contribution is 0.217. The van der Waals surface area contributed by atoms with Crippen LogP contribution in [-0.4, -0.2) is 20.2 Å². The highest BCUT2D eigenvalue weighted by Crippen LogP contribution is 2.50. The zero-order valence-electron chi connectivity index (χ0n) is 16.8. The van der Waals surface area contributed by atoms with Crippen molar-refractivity contribution in [2.24, 2.45) is 5.92 Å². The molecule has 2 aromatic rings. The average Bonchev–Trinajstić information content (AvgIpc) is 3.17. The molecule has 1 aliphatic heterocycles. The van der Waals surface area contributed by atoms with Crippen LogP contribution in [0.25, 0.3) is 0 Å². The number of hydrogen-bond donors (Lipinski definition) is 1. The summed E-state index contributed by atoms with van der Waals surface area (Å²) >= 11 is 0. The molecule has 142 valence electrons. The van der Waals surface area contributed by atoms with Gasteiger partial charge in [0.25, 0.3) is 0 Å². The Morgan fingerprint density at radius 2 is 1.93 bits per heavy atom. The lowest BCUT2D eigenvalue weighted by atomic mass is 9.77. The van der Waals surface area contributed by atoms with E-state index in [2.05, 4.69) is 92.8 Å². The molecule has 0 aromatic heterocycles. The van der Waals surface area contributed by atoms with Gasteiger partial charge in [0, 0.05) is 31.4 Å². The first-order chi connectivity index (χ1) is 13.1. The summed E-state index contributed by atoms with van der Waals surface area (Å²) < 4.78 is 6.07. The smallest absolute Gasteiger partial charge is 0.120 e. The zero-order chi connectivity index (χ0) is 19.0. The van der Waals surface area contributed by atoms with Crippen LogP contribution in [0.4, 0.5) is 11.4 Å². The number of ether oxygens (including phenoxy) is 1. The van der Waals surface area contributed by atoms with Crippen molar-refractivity contribution < 1.29 is 4.74 Å². The first kappa shape index (κ1) is 18.0. The average molecular weight is 363 g/mol. The molecule has 0 amide bonds. The molecule has 0 saturated heterocycles. The topological polar surface area (TPSA) is 24.5 Å². The number of allylic oxidation sites excluding steroid dienone is 2. The molecule has 1 aliphatic carbocycles. The maximum atomic E-state index is 6.07. The van der Waals surface area contributed by atoms with Gasteiger partial charge in [0.15, 0.2) is 0 Å². The molecular weight excluding hydrogens is 332 g/mol. The molecule has 0 radical (unpaired) electrons. The van der Waals surface area contributed by atoms with Crippen LogP contribution in [0, 0.1) is 5.92 Å². The van der Waals surface area contributed by atoms with Gasteiger partial charge < -0.3 is 15.0 Å². The van der Waals surface area contributed by atoms with Crippen LogP contribution >= 0.6 is 0 Å². The lowest BCUT2D eigenvalue weighted by Gasteiger charge is -2.38. The van der Waals surface area contributed by atoms with Gasteiger partial charge in [-0.25, -0.2) is 0 Å². The van der Waals surface area contributed by atoms with Crippen LogP contribution in [-0.2, 0) is 0 Å².